The van der Waals surface area contributed by atoms with E-state index in [9.17, 15) is 0 Å². The molecule has 0 bridgehead atoms. The third kappa shape index (κ3) is 3.43. The number of fused-ring (bicyclic) bond motifs is 1. The van der Waals surface area contributed by atoms with Crippen LogP contribution in [0.5, 0.6) is 0 Å². The zero-order valence-corrected chi connectivity index (χ0v) is 13.7. The lowest BCUT2D eigenvalue weighted by Gasteiger charge is -2.33. The summed E-state index contributed by atoms with van der Waals surface area (Å²) in [7, 11) is 0. The number of halogens is 1. The van der Waals surface area contributed by atoms with Gasteiger partial charge in [0.05, 0.1) is 0 Å². The van der Waals surface area contributed by atoms with Crippen molar-refractivity contribution in [3.05, 3.63) is 48.0 Å². The van der Waals surface area contributed by atoms with Gasteiger partial charge in [0.25, 0.3) is 0 Å². The second kappa shape index (κ2) is 6.83. The monoisotopic (exact) mass is 300 g/mol. The lowest BCUT2D eigenvalue weighted by Crippen LogP contribution is -2.27. The number of hydrogen-bond acceptors (Lipinski definition) is 0. The maximum Gasteiger partial charge on any atom is 0.0367 e. The van der Waals surface area contributed by atoms with E-state index in [-0.39, 0.29) is 0 Å². The van der Waals surface area contributed by atoms with Crippen LogP contribution in [0.3, 0.4) is 0 Å². The number of benzene rings is 2. The largest absolute Gasteiger partial charge is 0.123 e. The number of alkyl halides is 1. The van der Waals surface area contributed by atoms with Gasteiger partial charge < -0.3 is 0 Å². The predicted molar refractivity (Wildman–Crippen MR) is 93.0 cm³/mol. The van der Waals surface area contributed by atoms with Gasteiger partial charge in [-0.15, -0.1) is 11.6 Å². The molecule has 3 atom stereocenters. The van der Waals surface area contributed by atoms with Gasteiger partial charge in [-0.2, -0.15) is 0 Å². The summed E-state index contributed by atoms with van der Waals surface area (Å²) in [4.78, 5) is 0. The van der Waals surface area contributed by atoms with Crippen LogP contribution in [-0.2, 0) is 6.42 Å². The zero-order chi connectivity index (χ0) is 14.7. The number of rotatable bonds is 4. The smallest absolute Gasteiger partial charge is 0.0367 e. The minimum Gasteiger partial charge on any atom is -0.123 e. The standard InChI is InChI=1S/C20H25Cl/c1-2-6-15-11-12-20(21)18(13-15)14-17-9-5-8-16-7-3-4-10-19(16)17/h3-5,7-10,15,18,20H,2,6,11-14H2,1H3. The first kappa shape index (κ1) is 14.9. The first-order valence-corrected chi connectivity index (χ1v) is 8.82. The van der Waals surface area contributed by atoms with Crippen molar-refractivity contribution in [2.75, 3.05) is 0 Å². The van der Waals surface area contributed by atoms with Crippen molar-refractivity contribution in [1.82, 2.24) is 0 Å². The minimum absolute atomic E-state index is 0.358. The Morgan fingerprint density at radius 3 is 2.71 bits per heavy atom. The molecule has 1 fully saturated rings. The van der Waals surface area contributed by atoms with E-state index in [4.69, 9.17) is 11.6 Å². The SMILES string of the molecule is CCCC1CCC(Cl)C(Cc2cccc3ccccc23)C1. The topological polar surface area (TPSA) is 0 Å². The van der Waals surface area contributed by atoms with E-state index < -0.39 is 0 Å². The van der Waals surface area contributed by atoms with E-state index in [0.29, 0.717) is 11.3 Å². The van der Waals surface area contributed by atoms with Crippen LogP contribution in [0, 0.1) is 11.8 Å². The van der Waals surface area contributed by atoms with E-state index in [1.165, 1.54) is 48.4 Å². The van der Waals surface area contributed by atoms with Crippen molar-refractivity contribution in [1.29, 1.82) is 0 Å². The first-order valence-electron chi connectivity index (χ1n) is 8.38. The first-order chi connectivity index (χ1) is 10.3. The molecule has 1 heteroatoms. The van der Waals surface area contributed by atoms with E-state index >= 15 is 0 Å². The van der Waals surface area contributed by atoms with Crippen LogP contribution in [0.15, 0.2) is 42.5 Å². The highest BCUT2D eigenvalue weighted by Crippen LogP contribution is 2.37. The summed E-state index contributed by atoms with van der Waals surface area (Å²) < 4.78 is 0. The maximum absolute atomic E-state index is 6.65. The van der Waals surface area contributed by atoms with Gasteiger partial charge in [0.15, 0.2) is 0 Å². The average molecular weight is 301 g/mol. The molecule has 2 aromatic rings. The van der Waals surface area contributed by atoms with Gasteiger partial charge >= 0.3 is 0 Å². The summed E-state index contributed by atoms with van der Waals surface area (Å²) in [5.41, 5.74) is 1.47. The molecule has 0 heterocycles. The zero-order valence-electron chi connectivity index (χ0n) is 12.9. The lowest BCUT2D eigenvalue weighted by molar-refractivity contribution is 0.257. The Morgan fingerprint density at radius 2 is 1.86 bits per heavy atom. The molecule has 1 saturated carbocycles. The van der Waals surface area contributed by atoms with E-state index in [1.54, 1.807) is 0 Å². The quantitative estimate of drug-likeness (QED) is 0.589. The van der Waals surface area contributed by atoms with Gasteiger partial charge in [0.2, 0.25) is 0 Å². The molecular weight excluding hydrogens is 276 g/mol. The molecule has 0 spiro atoms. The molecule has 1 aliphatic carbocycles. The van der Waals surface area contributed by atoms with Crippen molar-refractivity contribution >= 4 is 22.4 Å². The molecule has 0 aliphatic heterocycles. The maximum atomic E-state index is 6.65. The van der Waals surface area contributed by atoms with Crippen molar-refractivity contribution in [3.63, 3.8) is 0 Å². The van der Waals surface area contributed by atoms with Crippen LogP contribution in [0.2, 0.25) is 0 Å². The minimum atomic E-state index is 0.358. The van der Waals surface area contributed by atoms with Crippen molar-refractivity contribution < 1.29 is 0 Å². The predicted octanol–water partition coefficient (Wildman–Crippen LogP) is 6.21. The van der Waals surface area contributed by atoms with Gasteiger partial charge in [-0.25, -0.2) is 0 Å². The Balaban J connectivity index is 1.80. The Morgan fingerprint density at radius 1 is 1.05 bits per heavy atom. The highest BCUT2D eigenvalue weighted by Gasteiger charge is 2.29. The Kier molecular flexibility index (Phi) is 4.85. The third-order valence-corrected chi connectivity index (χ3v) is 5.63. The van der Waals surface area contributed by atoms with Crippen molar-refractivity contribution in [2.24, 2.45) is 11.8 Å². The summed E-state index contributed by atoms with van der Waals surface area (Å²) in [5, 5.41) is 3.11. The van der Waals surface area contributed by atoms with Gasteiger partial charge in [-0.1, -0.05) is 62.2 Å². The average Bonchev–Trinajstić information content (AvgIpc) is 2.51. The highest BCUT2D eigenvalue weighted by molar-refractivity contribution is 6.20. The van der Waals surface area contributed by atoms with Crippen molar-refractivity contribution in [2.45, 2.75) is 50.8 Å². The Bertz CT molecular complexity index is 584. The van der Waals surface area contributed by atoms with Crippen LogP contribution in [0.25, 0.3) is 10.8 Å². The summed E-state index contributed by atoms with van der Waals surface area (Å²) in [5.74, 6) is 1.53. The molecule has 0 saturated heterocycles. The van der Waals surface area contributed by atoms with Crippen molar-refractivity contribution in [3.8, 4) is 0 Å². The molecule has 2 aromatic carbocycles. The fraction of sp³-hybridized carbons (Fsp3) is 0.500. The summed E-state index contributed by atoms with van der Waals surface area (Å²) >= 11 is 6.65. The summed E-state index contributed by atoms with van der Waals surface area (Å²) in [6.45, 7) is 2.30. The fourth-order valence-corrected chi connectivity index (χ4v) is 4.28. The Hall–Kier alpha value is -1.01. The second-order valence-electron chi connectivity index (χ2n) is 6.59. The molecule has 1 aliphatic rings. The van der Waals surface area contributed by atoms with Crippen LogP contribution >= 0.6 is 11.6 Å². The van der Waals surface area contributed by atoms with Crippen LogP contribution < -0.4 is 0 Å². The molecular formula is C20H25Cl. The molecule has 0 N–H and O–H groups in total. The van der Waals surface area contributed by atoms with Gasteiger partial charge in [0.1, 0.15) is 0 Å². The van der Waals surface area contributed by atoms with E-state index in [0.717, 1.165) is 12.3 Å². The molecule has 21 heavy (non-hydrogen) atoms. The second-order valence-corrected chi connectivity index (χ2v) is 7.15. The van der Waals surface area contributed by atoms with E-state index in [2.05, 4.69) is 49.4 Å². The number of hydrogen-bond donors (Lipinski definition) is 0. The molecule has 0 aromatic heterocycles. The molecule has 112 valence electrons. The van der Waals surface area contributed by atoms with Gasteiger partial charge in [0, 0.05) is 5.38 Å². The molecule has 0 radical (unpaired) electrons. The molecule has 0 amide bonds. The molecule has 3 rings (SSSR count). The third-order valence-electron chi connectivity index (χ3n) is 5.06. The van der Waals surface area contributed by atoms with Crippen LogP contribution in [0.1, 0.15) is 44.6 Å². The molecule has 0 nitrogen and oxygen atoms in total. The van der Waals surface area contributed by atoms with Crippen LogP contribution in [-0.4, -0.2) is 5.38 Å². The Labute approximate surface area is 133 Å². The van der Waals surface area contributed by atoms with Crippen LogP contribution in [0.4, 0.5) is 0 Å². The molecule has 3 unspecified atom stereocenters. The lowest BCUT2D eigenvalue weighted by atomic mass is 9.76. The summed E-state index contributed by atoms with van der Waals surface area (Å²) in [6.07, 6.45) is 7.64. The van der Waals surface area contributed by atoms with Gasteiger partial charge in [-0.05, 0) is 53.9 Å². The highest BCUT2D eigenvalue weighted by atomic mass is 35.5. The fourth-order valence-electron chi connectivity index (χ4n) is 3.96. The van der Waals surface area contributed by atoms with E-state index in [1.807, 2.05) is 0 Å². The van der Waals surface area contributed by atoms with Gasteiger partial charge in [-0.3, -0.25) is 0 Å². The summed E-state index contributed by atoms with van der Waals surface area (Å²) in [6, 6.07) is 15.4. The normalized spacial score (nSPS) is 26.1.